The Bertz CT molecular complexity index is 360. The molecule has 0 atom stereocenters. The lowest BCUT2D eigenvalue weighted by Crippen LogP contribution is -2.06. The smallest absolute Gasteiger partial charge is 0.355 e. The molecule has 0 bridgehead atoms. The Morgan fingerprint density at radius 1 is 1.77 bits per heavy atom. The van der Waals surface area contributed by atoms with Crippen molar-refractivity contribution in [1.82, 2.24) is 4.98 Å². The molecular weight excluding hydrogens is 168 g/mol. The minimum Gasteiger partial charge on any atom is -0.461 e. The number of hydrogen-bond acceptors (Lipinski definition) is 3. The van der Waals surface area contributed by atoms with Crippen LogP contribution in [0.5, 0.6) is 0 Å². The second kappa shape index (κ2) is 3.76. The van der Waals surface area contributed by atoms with E-state index >= 15 is 0 Å². The standard InChI is InChI=1S/C9H10N2O2/c1-3-13-9(12)8-6(2)4-7(5-10)11-8/h4,11H,3H2,1-2H3. The maximum Gasteiger partial charge on any atom is 0.355 e. The van der Waals surface area contributed by atoms with Gasteiger partial charge in [0.15, 0.2) is 0 Å². The van der Waals surface area contributed by atoms with E-state index in [-0.39, 0.29) is 0 Å². The van der Waals surface area contributed by atoms with Crippen molar-refractivity contribution in [3.63, 3.8) is 0 Å². The Balaban J connectivity index is 2.95. The molecule has 1 rings (SSSR count). The van der Waals surface area contributed by atoms with E-state index < -0.39 is 5.97 Å². The number of esters is 1. The highest BCUT2D eigenvalue weighted by molar-refractivity contribution is 5.89. The molecule has 1 N–H and O–H groups in total. The SMILES string of the molecule is CCOC(=O)c1[nH]c(C#N)cc1C. The summed E-state index contributed by atoms with van der Waals surface area (Å²) in [6.07, 6.45) is 0. The van der Waals surface area contributed by atoms with Crippen molar-refractivity contribution < 1.29 is 9.53 Å². The molecular formula is C9H10N2O2. The van der Waals surface area contributed by atoms with Crippen LogP contribution in [-0.2, 0) is 4.74 Å². The summed E-state index contributed by atoms with van der Waals surface area (Å²) in [5, 5.41) is 8.55. The van der Waals surface area contributed by atoms with Gasteiger partial charge in [0.1, 0.15) is 17.5 Å². The van der Waals surface area contributed by atoms with Crippen molar-refractivity contribution in [2.45, 2.75) is 13.8 Å². The first-order valence-electron chi connectivity index (χ1n) is 3.95. The number of hydrogen-bond donors (Lipinski definition) is 1. The van der Waals surface area contributed by atoms with Gasteiger partial charge in [0.05, 0.1) is 6.61 Å². The van der Waals surface area contributed by atoms with Crippen molar-refractivity contribution in [2.75, 3.05) is 6.61 Å². The lowest BCUT2D eigenvalue weighted by atomic mass is 10.2. The molecule has 0 fully saturated rings. The number of nitrogens with zero attached hydrogens (tertiary/aromatic N) is 1. The van der Waals surface area contributed by atoms with Gasteiger partial charge in [-0.3, -0.25) is 0 Å². The summed E-state index contributed by atoms with van der Waals surface area (Å²) in [6, 6.07) is 3.54. The monoisotopic (exact) mass is 178 g/mol. The lowest BCUT2D eigenvalue weighted by molar-refractivity contribution is 0.0519. The zero-order valence-corrected chi connectivity index (χ0v) is 7.55. The van der Waals surface area contributed by atoms with Gasteiger partial charge < -0.3 is 9.72 Å². The van der Waals surface area contributed by atoms with Crippen LogP contribution in [0.15, 0.2) is 6.07 Å². The van der Waals surface area contributed by atoms with Gasteiger partial charge in [-0.2, -0.15) is 5.26 Å². The first-order valence-corrected chi connectivity index (χ1v) is 3.95. The number of H-pyrrole nitrogens is 1. The van der Waals surface area contributed by atoms with Crippen LogP contribution >= 0.6 is 0 Å². The summed E-state index contributed by atoms with van der Waals surface area (Å²) in [7, 11) is 0. The van der Waals surface area contributed by atoms with Crippen molar-refractivity contribution in [1.29, 1.82) is 5.26 Å². The molecule has 1 aromatic heterocycles. The van der Waals surface area contributed by atoms with Crippen molar-refractivity contribution >= 4 is 5.97 Å². The Morgan fingerprint density at radius 2 is 2.46 bits per heavy atom. The Labute approximate surface area is 76.1 Å². The number of ether oxygens (including phenoxy) is 1. The zero-order chi connectivity index (χ0) is 9.84. The van der Waals surface area contributed by atoms with Crippen LogP contribution < -0.4 is 0 Å². The molecule has 0 aliphatic rings. The number of carbonyl (C=O) groups is 1. The van der Waals surface area contributed by atoms with Gasteiger partial charge in [-0.15, -0.1) is 0 Å². The number of aromatic nitrogens is 1. The number of nitrogens with one attached hydrogen (secondary N) is 1. The Hall–Kier alpha value is -1.76. The molecule has 13 heavy (non-hydrogen) atoms. The number of aromatic amines is 1. The summed E-state index contributed by atoms with van der Waals surface area (Å²) in [5.41, 5.74) is 1.47. The van der Waals surface area contributed by atoms with Crippen LogP contribution in [0.2, 0.25) is 0 Å². The third kappa shape index (κ3) is 1.88. The largest absolute Gasteiger partial charge is 0.461 e. The second-order valence-electron chi connectivity index (χ2n) is 2.57. The first-order chi connectivity index (χ1) is 6.19. The van der Waals surface area contributed by atoms with Crippen LogP contribution in [-0.4, -0.2) is 17.6 Å². The highest BCUT2D eigenvalue weighted by atomic mass is 16.5. The topological polar surface area (TPSA) is 65.9 Å². The predicted molar refractivity (Wildman–Crippen MR) is 46.2 cm³/mol. The summed E-state index contributed by atoms with van der Waals surface area (Å²) in [5.74, 6) is -0.415. The van der Waals surface area contributed by atoms with Crippen molar-refractivity contribution in [3.8, 4) is 6.07 Å². The number of aryl methyl sites for hydroxylation is 1. The Kier molecular flexibility index (Phi) is 2.70. The van der Waals surface area contributed by atoms with Crippen LogP contribution in [0.4, 0.5) is 0 Å². The fourth-order valence-corrected chi connectivity index (χ4v) is 1.03. The molecule has 1 heterocycles. The van der Waals surface area contributed by atoms with Gasteiger partial charge in [0.2, 0.25) is 0 Å². The maximum absolute atomic E-state index is 11.2. The van der Waals surface area contributed by atoms with Crippen LogP contribution in [0.3, 0.4) is 0 Å². The van der Waals surface area contributed by atoms with Crippen LogP contribution in [0, 0.1) is 18.3 Å². The number of nitriles is 1. The zero-order valence-electron chi connectivity index (χ0n) is 7.55. The average molecular weight is 178 g/mol. The maximum atomic E-state index is 11.2. The lowest BCUT2D eigenvalue weighted by Gasteiger charge is -1.99. The van der Waals surface area contributed by atoms with Crippen molar-refractivity contribution in [3.05, 3.63) is 23.0 Å². The van der Waals surface area contributed by atoms with E-state index in [1.165, 1.54) is 0 Å². The van der Waals surface area contributed by atoms with Crippen LogP contribution in [0.1, 0.15) is 28.7 Å². The molecule has 0 amide bonds. The van der Waals surface area contributed by atoms with Gasteiger partial charge in [0, 0.05) is 0 Å². The second-order valence-corrected chi connectivity index (χ2v) is 2.57. The van der Waals surface area contributed by atoms with Gasteiger partial charge in [-0.25, -0.2) is 4.79 Å². The molecule has 68 valence electrons. The average Bonchev–Trinajstić information content (AvgIpc) is 2.47. The summed E-state index contributed by atoms with van der Waals surface area (Å²) < 4.78 is 4.79. The molecule has 0 radical (unpaired) electrons. The third-order valence-corrected chi connectivity index (χ3v) is 1.61. The van der Waals surface area contributed by atoms with E-state index in [9.17, 15) is 4.79 Å². The van der Waals surface area contributed by atoms with E-state index in [2.05, 4.69) is 4.98 Å². The fourth-order valence-electron chi connectivity index (χ4n) is 1.03. The molecule has 0 saturated carbocycles. The molecule has 0 unspecified atom stereocenters. The van der Waals surface area contributed by atoms with E-state index in [1.807, 2.05) is 6.07 Å². The molecule has 0 aliphatic carbocycles. The van der Waals surface area contributed by atoms with E-state index in [4.69, 9.17) is 10.00 Å². The van der Waals surface area contributed by atoms with Crippen LogP contribution in [0.25, 0.3) is 0 Å². The predicted octanol–water partition coefficient (Wildman–Crippen LogP) is 1.37. The highest BCUT2D eigenvalue weighted by Crippen LogP contribution is 2.09. The van der Waals surface area contributed by atoms with Crippen molar-refractivity contribution in [2.24, 2.45) is 0 Å². The number of rotatable bonds is 2. The van der Waals surface area contributed by atoms with Gasteiger partial charge in [0.25, 0.3) is 0 Å². The highest BCUT2D eigenvalue weighted by Gasteiger charge is 2.12. The quantitative estimate of drug-likeness (QED) is 0.695. The summed E-state index contributed by atoms with van der Waals surface area (Å²) >= 11 is 0. The minimum atomic E-state index is -0.415. The third-order valence-electron chi connectivity index (χ3n) is 1.61. The number of carbonyl (C=O) groups excluding carboxylic acids is 1. The van der Waals surface area contributed by atoms with Gasteiger partial charge >= 0.3 is 5.97 Å². The van der Waals surface area contributed by atoms with E-state index in [0.29, 0.717) is 18.0 Å². The summed E-state index contributed by atoms with van der Waals surface area (Å²) in [4.78, 5) is 13.9. The van der Waals surface area contributed by atoms with Gasteiger partial charge in [-0.05, 0) is 25.5 Å². The molecule has 0 aromatic carbocycles. The molecule has 0 aliphatic heterocycles. The molecule has 0 saturated heterocycles. The molecule has 0 spiro atoms. The molecule has 1 aromatic rings. The minimum absolute atomic E-state index is 0.333. The van der Waals surface area contributed by atoms with E-state index in [0.717, 1.165) is 5.56 Å². The first kappa shape index (κ1) is 9.33. The fraction of sp³-hybridized carbons (Fsp3) is 0.333. The Morgan fingerprint density at radius 3 is 2.92 bits per heavy atom. The molecule has 4 nitrogen and oxygen atoms in total. The normalized spacial score (nSPS) is 9.31. The summed E-state index contributed by atoms with van der Waals surface area (Å²) in [6.45, 7) is 3.82. The van der Waals surface area contributed by atoms with E-state index in [1.54, 1.807) is 19.9 Å². The molecule has 4 heteroatoms. The van der Waals surface area contributed by atoms with Gasteiger partial charge in [-0.1, -0.05) is 0 Å².